The van der Waals surface area contributed by atoms with Crippen molar-refractivity contribution in [3.63, 3.8) is 0 Å². The summed E-state index contributed by atoms with van der Waals surface area (Å²) < 4.78 is 0. The lowest BCUT2D eigenvalue weighted by Crippen LogP contribution is -2.33. The number of nitrogens with zero attached hydrogens (tertiary/aromatic N) is 2. The molecule has 0 spiro atoms. The van der Waals surface area contributed by atoms with Gasteiger partial charge in [0.2, 0.25) is 5.28 Å². The first-order valence-corrected chi connectivity index (χ1v) is 6.14. The Morgan fingerprint density at radius 1 is 1.50 bits per heavy atom. The topological polar surface area (TPSA) is 49.8 Å². The predicted molar refractivity (Wildman–Crippen MR) is 66.1 cm³/mol. The van der Waals surface area contributed by atoms with Crippen LogP contribution in [0.25, 0.3) is 0 Å². The molecule has 1 aliphatic heterocycles. The summed E-state index contributed by atoms with van der Waals surface area (Å²) in [5, 5.41) is 7.31. The molecule has 1 aromatic heterocycles. The summed E-state index contributed by atoms with van der Waals surface area (Å²) in [6, 6.07) is 0. The minimum atomic E-state index is 0.216. The number of nitrogens with one attached hydrogen (secondary N) is 2. The van der Waals surface area contributed by atoms with Crippen LogP contribution in [-0.4, -0.2) is 29.6 Å². The molecule has 88 valence electrons. The van der Waals surface area contributed by atoms with E-state index in [1.165, 1.54) is 19.0 Å². The van der Waals surface area contributed by atoms with Crippen molar-refractivity contribution in [1.82, 2.24) is 15.3 Å². The lowest BCUT2D eigenvalue weighted by Gasteiger charge is -2.23. The zero-order chi connectivity index (χ0) is 11.4. The fraction of sp³-hybridized carbons (Fsp3) is 0.600. The Balaban J connectivity index is 1.90. The molecule has 0 unspecified atom stereocenters. The van der Waals surface area contributed by atoms with Gasteiger partial charge in [-0.05, 0) is 43.5 Å². The Bertz CT molecular complexity index is 353. The third-order valence-corrected chi connectivity index (χ3v) is 3.13. The van der Waals surface area contributed by atoms with Gasteiger partial charge in [0.05, 0.1) is 6.20 Å². The van der Waals surface area contributed by atoms with Crippen molar-refractivity contribution < 1.29 is 0 Å². The minimum absolute atomic E-state index is 0.216. The third-order valence-electron chi connectivity index (χ3n) is 2.67. The molecule has 1 fully saturated rings. The number of halogens is 2. The maximum atomic E-state index is 5.95. The van der Waals surface area contributed by atoms with E-state index < -0.39 is 0 Å². The van der Waals surface area contributed by atoms with Gasteiger partial charge < -0.3 is 10.6 Å². The number of rotatable bonds is 3. The average Bonchev–Trinajstić information content (AvgIpc) is 2.32. The molecule has 0 saturated carbocycles. The van der Waals surface area contributed by atoms with Crippen molar-refractivity contribution in [2.45, 2.75) is 12.8 Å². The number of hydrogen-bond donors (Lipinski definition) is 2. The lowest BCUT2D eigenvalue weighted by molar-refractivity contribution is 0.392. The highest BCUT2D eigenvalue weighted by Crippen LogP contribution is 2.20. The van der Waals surface area contributed by atoms with Crippen molar-refractivity contribution in [2.75, 3.05) is 25.0 Å². The van der Waals surface area contributed by atoms with Crippen LogP contribution >= 0.6 is 23.2 Å². The first kappa shape index (κ1) is 11.9. The van der Waals surface area contributed by atoms with Crippen LogP contribution in [0.15, 0.2) is 6.20 Å². The van der Waals surface area contributed by atoms with E-state index in [-0.39, 0.29) is 5.28 Å². The SMILES string of the molecule is Clc1ncc(Cl)c(NC[C@@H]2CCCNC2)n1. The number of aromatic nitrogens is 2. The summed E-state index contributed by atoms with van der Waals surface area (Å²) in [5.41, 5.74) is 0. The summed E-state index contributed by atoms with van der Waals surface area (Å²) in [5.74, 6) is 1.24. The predicted octanol–water partition coefficient (Wildman–Crippen LogP) is 2.19. The van der Waals surface area contributed by atoms with Crippen LogP contribution < -0.4 is 10.6 Å². The number of hydrogen-bond acceptors (Lipinski definition) is 4. The first-order valence-electron chi connectivity index (χ1n) is 5.38. The zero-order valence-corrected chi connectivity index (χ0v) is 10.4. The quantitative estimate of drug-likeness (QED) is 0.819. The Hall–Kier alpha value is -0.580. The maximum absolute atomic E-state index is 5.95. The molecule has 0 aromatic carbocycles. The van der Waals surface area contributed by atoms with Gasteiger partial charge in [-0.3, -0.25) is 0 Å². The first-order chi connectivity index (χ1) is 7.75. The molecular formula is C10H14Cl2N4. The van der Waals surface area contributed by atoms with Gasteiger partial charge in [0, 0.05) is 6.54 Å². The van der Waals surface area contributed by atoms with Crippen molar-refractivity contribution in [3.05, 3.63) is 16.5 Å². The highest BCUT2D eigenvalue weighted by Gasteiger charge is 2.13. The molecule has 0 amide bonds. The second-order valence-corrected chi connectivity index (χ2v) is 4.67. The standard InChI is InChI=1S/C10H14Cl2N4/c11-8-6-15-10(12)16-9(8)14-5-7-2-1-3-13-4-7/h6-7,13H,1-5H2,(H,14,15,16)/t7-/m1/s1. The summed E-state index contributed by atoms with van der Waals surface area (Å²) in [7, 11) is 0. The van der Waals surface area contributed by atoms with E-state index in [1.807, 2.05) is 0 Å². The molecular weight excluding hydrogens is 247 g/mol. The number of anilines is 1. The van der Waals surface area contributed by atoms with E-state index in [9.17, 15) is 0 Å². The Labute approximate surface area is 105 Å². The van der Waals surface area contributed by atoms with E-state index in [0.29, 0.717) is 16.8 Å². The van der Waals surface area contributed by atoms with Crippen LogP contribution in [0.1, 0.15) is 12.8 Å². The van der Waals surface area contributed by atoms with Crippen LogP contribution in [0, 0.1) is 5.92 Å². The van der Waals surface area contributed by atoms with E-state index in [1.54, 1.807) is 0 Å². The molecule has 2 N–H and O–H groups in total. The Morgan fingerprint density at radius 3 is 3.12 bits per heavy atom. The molecule has 16 heavy (non-hydrogen) atoms. The molecule has 2 heterocycles. The van der Waals surface area contributed by atoms with Crippen LogP contribution in [0.5, 0.6) is 0 Å². The Kier molecular flexibility index (Phi) is 4.21. The lowest BCUT2D eigenvalue weighted by atomic mass is 10.00. The van der Waals surface area contributed by atoms with Crippen LogP contribution in [0.4, 0.5) is 5.82 Å². The molecule has 0 radical (unpaired) electrons. The second-order valence-electron chi connectivity index (χ2n) is 3.93. The monoisotopic (exact) mass is 260 g/mol. The third kappa shape index (κ3) is 3.20. The van der Waals surface area contributed by atoms with Gasteiger partial charge in [-0.25, -0.2) is 4.98 Å². The van der Waals surface area contributed by atoms with E-state index in [2.05, 4.69) is 20.6 Å². The summed E-state index contributed by atoms with van der Waals surface area (Å²) in [4.78, 5) is 7.85. The van der Waals surface area contributed by atoms with E-state index in [0.717, 1.165) is 19.6 Å². The van der Waals surface area contributed by atoms with Gasteiger partial charge in [0.1, 0.15) is 10.8 Å². The maximum Gasteiger partial charge on any atom is 0.224 e. The van der Waals surface area contributed by atoms with Crippen LogP contribution in [-0.2, 0) is 0 Å². The fourth-order valence-corrected chi connectivity index (χ4v) is 2.10. The van der Waals surface area contributed by atoms with Gasteiger partial charge >= 0.3 is 0 Å². The number of piperidine rings is 1. The fourth-order valence-electron chi connectivity index (χ4n) is 1.81. The molecule has 6 heteroatoms. The summed E-state index contributed by atoms with van der Waals surface area (Å²) >= 11 is 11.7. The Morgan fingerprint density at radius 2 is 2.38 bits per heavy atom. The molecule has 1 saturated heterocycles. The van der Waals surface area contributed by atoms with Crippen molar-refractivity contribution >= 4 is 29.0 Å². The minimum Gasteiger partial charge on any atom is -0.368 e. The molecule has 1 aromatic rings. The van der Waals surface area contributed by atoms with Gasteiger partial charge in [-0.1, -0.05) is 11.6 Å². The van der Waals surface area contributed by atoms with Crippen molar-refractivity contribution in [3.8, 4) is 0 Å². The molecule has 1 atom stereocenters. The van der Waals surface area contributed by atoms with Crippen LogP contribution in [0.3, 0.4) is 0 Å². The average molecular weight is 261 g/mol. The normalized spacial score (nSPS) is 20.8. The molecule has 0 bridgehead atoms. The summed E-state index contributed by atoms with van der Waals surface area (Å²) in [6.45, 7) is 3.03. The second kappa shape index (κ2) is 5.66. The molecule has 1 aliphatic rings. The van der Waals surface area contributed by atoms with E-state index >= 15 is 0 Å². The van der Waals surface area contributed by atoms with E-state index in [4.69, 9.17) is 23.2 Å². The summed E-state index contributed by atoms with van der Waals surface area (Å²) in [6.07, 6.45) is 3.97. The van der Waals surface area contributed by atoms with Crippen molar-refractivity contribution in [2.24, 2.45) is 5.92 Å². The van der Waals surface area contributed by atoms with Gasteiger partial charge in [-0.15, -0.1) is 0 Å². The highest BCUT2D eigenvalue weighted by atomic mass is 35.5. The van der Waals surface area contributed by atoms with Gasteiger partial charge in [-0.2, -0.15) is 4.98 Å². The van der Waals surface area contributed by atoms with Crippen LogP contribution in [0.2, 0.25) is 10.3 Å². The molecule has 0 aliphatic carbocycles. The molecule has 4 nitrogen and oxygen atoms in total. The van der Waals surface area contributed by atoms with Crippen molar-refractivity contribution in [1.29, 1.82) is 0 Å². The van der Waals surface area contributed by atoms with Gasteiger partial charge in [0.15, 0.2) is 0 Å². The zero-order valence-electron chi connectivity index (χ0n) is 8.84. The highest BCUT2D eigenvalue weighted by molar-refractivity contribution is 6.33. The largest absolute Gasteiger partial charge is 0.368 e. The smallest absolute Gasteiger partial charge is 0.224 e. The molecule has 2 rings (SSSR count). The van der Waals surface area contributed by atoms with Gasteiger partial charge in [0.25, 0.3) is 0 Å².